The summed E-state index contributed by atoms with van der Waals surface area (Å²) in [6.07, 6.45) is 2.34. The average Bonchev–Trinajstić information content (AvgIpc) is 3.31. The monoisotopic (exact) mass is 398 g/mol. The van der Waals surface area contributed by atoms with Crippen LogP contribution in [0, 0.1) is 6.92 Å². The summed E-state index contributed by atoms with van der Waals surface area (Å²) >= 11 is 1.39. The number of imidazole rings is 1. The zero-order valence-electron chi connectivity index (χ0n) is 14.9. The lowest BCUT2D eigenvalue weighted by Crippen LogP contribution is -2.25. The van der Waals surface area contributed by atoms with Crippen LogP contribution in [0.2, 0.25) is 0 Å². The van der Waals surface area contributed by atoms with Gasteiger partial charge in [0.1, 0.15) is 16.3 Å². The highest BCUT2D eigenvalue weighted by Gasteiger charge is 2.21. The van der Waals surface area contributed by atoms with Gasteiger partial charge in [0.15, 0.2) is 0 Å². The number of H-pyrrole nitrogens is 1. The van der Waals surface area contributed by atoms with Crippen molar-refractivity contribution in [3.05, 3.63) is 71.1 Å². The summed E-state index contributed by atoms with van der Waals surface area (Å²) in [5.41, 5.74) is 3.65. The number of nitrogens with zero attached hydrogens (tertiary/aromatic N) is 3. The lowest BCUT2D eigenvalue weighted by atomic mass is 10.1. The Morgan fingerprint density at radius 2 is 1.93 bits per heavy atom. The highest BCUT2D eigenvalue weighted by molar-refractivity contribution is 7.93. The quantitative estimate of drug-likeness (QED) is 0.555. The van der Waals surface area contributed by atoms with E-state index in [-0.39, 0.29) is 4.90 Å². The number of fused-ring (bicyclic) bond motifs is 1. The van der Waals surface area contributed by atoms with Gasteiger partial charge in [0, 0.05) is 19.7 Å². The standard InChI is InChI=1S/C19H18N4O2S2/c1-13-21-16-9-10-20-17(19(16)22-13)12-14-5-7-15(8-6-14)27(24,25)23(2)18-4-3-11-26-18/h3-11H,12H2,1-2H3,(H,21,22). The number of anilines is 1. The summed E-state index contributed by atoms with van der Waals surface area (Å²) in [5, 5.41) is 2.54. The third-order valence-corrected chi connectivity index (χ3v) is 7.21. The van der Waals surface area contributed by atoms with E-state index in [1.165, 1.54) is 15.6 Å². The molecule has 4 aromatic rings. The summed E-state index contributed by atoms with van der Waals surface area (Å²) in [6.45, 7) is 1.91. The molecule has 1 aromatic carbocycles. The van der Waals surface area contributed by atoms with E-state index in [9.17, 15) is 8.42 Å². The van der Waals surface area contributed by atoms with Crippen LogP contribution < -0.4 is 4.31 Å². The molecule has 0 bridgehead atoms. The second-order valence-corrected chi connectivity index (χ2v) is 9.12. The number of hydrogen-bond acceptors (Lipinski definition) is 5. The van der Waals surface area contributed by atoms with Crippen LogP contribution in [0.5, 0.6) is 0 Å². The number of pyridine rings is 1. The Morgan fingerprint density at radius 3 is 2.63 bits per heavy atom. The number of benzene rings is 1. The molecule has 0 aliphatic carbocycles. The third kappa shape index (κ3) is 3.33. The fourth-order valence-electron chi connectivity index (χ4n) is 2.94. The van der Waals surface area contributed by atoms with E-state index in [0.717, 1.165) is 28.1 Å². The Balaban J connectivity index is 1.60. The topological polar surface area (TPSA) is 79.0 Å². The minimum absolute atomic E-state index is 0.268. The molecule has 0 fully saturated rings. The van der Waals surface area contributed by atoms with Gasteiger partial charge in [-0.05, 0) is 48.2 Å². The van der Waals surface area contributed by atoms with Gasteiger partial charge in [0.25, 0.3) is 10.0 Å². The van der Waals surface area contributed by atoms with Crippen molar-refractivity contribution in [2.75, 3.05) is 11.4 Å². The number of aromatic amines is 1. The van der Waals surface area contributed by atoms with E-state index >= 15 is 0 Å². The minimum Gasteiger partial charge on any atom is -0.342 e. The number of aromatic nitrogens is 3. The third-order valence-electron chi connectivity index (χ3n) is 4.36. The van der Waals surface area contributed by atoms with E-state index in [2.05, 4.69) is 15.0 Å². The van der Waals surface area contributed by atoms with Gasteiger partial charge in [-0.25, -0.2) is 13.4 Å². The number of rotatable bonds is 5. The molecule has 0 spiro atoms. The second kappa shape index (κ2) is 6.79. The molecule has 3 heterocycles. The van der Waals surface area contributed by atoms with Crippen molar-refractivity contribution >= 4 is 37.4 Å². The zero-order chi connectivity index (χ0) is 19.0. The smallest absolute Gasteiger partial charge is 0.264 e. The maximum absolute atomic E-state index is 12.8. The largest absolute Gasteiger partial charge is 0.342 e. The van der Waals surface area contributed by atoms with Gasteiger partial charge in [-0.3, -0.25) is 9.29 Å². The van der Waals surface area contributed by atoms with Crippen molar-refractivity contribution < 1.29 is 8.42 Å². The predicted molar refractivity (Wildman–Crippen MR) is 108 cm³/mol. The summed E-state index contributed by atoms with van der Waals surface area (Å²) in [5.74, 6) is 0.845. The fourth-order valence-corrected chi connectivity index (χ4v) is 5.06. The SMILES string of the molecule is Cc1nc2c(Cc3ccc(S(=O)(=O)N(C)c4cccs4)cc3)nccc2[nH]1. The van der Waals surface area contributed by atoms with Crippen molar-refractivity contribution in [3.8, 4) is 0 Å². The first-order chi connectivity index (χ1) is 12.9. The van der Waals surface area contributed by atoms with E-state index < -0.39 is 10.0 Å². The molecule has 1 N–H and O–H groups in total. The van der Waals surface area contributed by atoms with Gasteiger partial charge >= 0.3 is 0 Å². The lowest BCUT2D eigenvalue weighted by molar-refractivity contribution is 0.594. The Kier molecular flexibility index (Phi) is 4.45. The summed E-state index contributed by atoms with van der Waals surface area (Å²) in [6, 6.07) is 12.5. The van der Waals surface area contributed by atoms with Crippen molar-refractivity contribution in [1.29, 1.82) is 0 Å². The summed E-state index contributed by atoms with van der Waals surface area (Å²) < 4.78 is 26.9. The average molecular weight is 399 g/mol. The maximum Gasteiger partial charge on any atom is 0.264 e. The molecule has 0 saturated heterocycles. The Morgan fingerprint density at radius 1 is 1.15 bits per heavy atom. The highest BCUT2D eigenvalue weighted by atomic mass is 32.2. The molecule has 138 valence electrons. The van der Waals surface area contributed by atoms with Gasteiger partial charge in [0.05, 0.1) is 16.1 Å². The molecule has 27 heavy (non-hydrogen) atoms. The van der Waals surface area contributed by atoms with Gasteiger partial charge in [0.2, 0.25) is 0 Å². The van der Waals surface area contributed by atoms with Gasteiger partial charge in [-0.15, -0.1) is 11.3 Å². The van der Waals surface area contributed by atoms with Crippen molar-refractivity contribution in [1.82, 2.24) is 15.0 Å². The van der Waals surface area contributed by atoms with Crippen LogP contribution >= 0.6 is 11.3 Å². The van der Waals surface area contributed by atoms with Crippen LogP contribution in [0.3, 0.4) is 0 Å². The lowest BCUT2D eigenvalue weighted by Gasteiger charge is -2.17. The first kappa shape index (κ1) is 17.7. The van der Waals surface area contributed by atoms with E-state index in [0.29, 0.717) is 11.4 Å². The van der Waals surface area contributed by atoms with Crippen LogP contribution in [0.15, 0.2) is 58.9 Å². The number of nitrogens with one attached hydrogen (secondary N) is 1. The Bertz CT molecular complexity index is 1180. The molecule has 4 rings (SSSR count). The van der Waals surface area contributed by atoms with Crippen molar-refractivity contribution in [2.24, 2.45) is 0 Å². The number of thiophene rings is 1. The Labute approximate surface area is 161 Å². The van der Waals surface area contributed by atoms with Crippen LogP contribution in [-0.2, 0) is 16.4 Å². The normalized spacial score (nSPS) is 11.8. The van der Waals surface area contributed by atoms with E-state index in [1.807, 2.05) is 36.6 Å². The molecule has 3 aromatic heterocycles. The van der Waals surface area contributed by atoms with Gasteiger partial charge in [-0.1, -0.05) is 12.1 Å². The fraction of sp³-hybridized carbons (Fsp3) is 0.158. The maximum atomic E-state index is 12.8. The summed E-state index contributed by atoms with van der Waals surface area (Å²) in [7, 11) is -2.00. The Hall–Kier alpha value is -2.71. The van der Waals surface area contributed by atoms with Crippen LogP contribution in [0.4, 0.5) is 5.00 Å². The van der Waals surface area contributed by atoms with Crippen molar-refractivity contribution in [3.63, 3.8) is 0 Å². The molecular weight excluding hydrogens is 380 g/mol. The number of aryl methyl sites for hydroxylation is 1. The van der Waals surface area contributed by atoms with E-state index in [4.69, 9.17) is 0 Å². The molecule has 8 heteroatoms. The number of sulfonamides is 1. The zero-order valence-corrected chi connectivity index (χ0v) is 16.5. The van der Waals surface area contributed by atoms with Gasteiger partial charge in [-0.2, -0.15) is 0 Å². The minimum atomic E-state index is -3.57. The van der Waals surface area contributed by atoms with Crippen LogP contribution in [0.25, 0.3) is 11.0 Å². The van der Waals surface area contributed by atoms with E-state index in [1.54, 1.807) is 31.4 Å². The molecule has 0 unspecified atom stereocenters. The predicted octanol–water partition coefficient (Wildman–Crippen LogP) is 3.74. The molecule has 0 saturated carbocycles. The van der Waals surface area contributed by atoms with Gasteiger partial charge < -0.3 is 4.98 Å². The first-order valence-electron chi connectivity index (χ1n) is 8.37. The molecule has 6 nitrogen and oxygen atoms in total. The molecule has 0 amide bonds. The molecule has 0 aliphatic rings. The second-order valence-electron chi connectivity index (χ2n) is 6.22. The highest BCUT2D eigenvalue weighted by Crippen LogP contribution is 2.26. The van der Waals surface area contributed by atoms with Crippen molar-refractivity contribution in [2.45, 2.75) is 18.2 Å². The molecule has 0 aliphatic heterocycles. The number of hydrogen-bond donors (Lipinski definition) is 1. The van der Waals surface area contributed by atoms with Crippen LogP contribution in [-0.4, -0.2) is 30.4 Å². The molecule has 0 radical (unpaired) electrons. The van der Waals surface area contributed by atoms with Crippen LogP contribution in [0.1, 0.15) is 17.1 Å². The molecule has 0 atom stereocenters. The first-order valence-corrected chi connectivity index (χ1v) is 10.7. The molecular formula is C19H18N4O2S2. The summed E-state index contributed by atoms with van der Waals surface area (Å²) in [4.78, 5) is 12.4.